The Morgan fingerprint density at radius 2 is 0.891 bits per heavy atom. The van der Waals surface area contributed by atoms with Gasteiger partial charge in [0, 0.05) is 33.1 Å². The standard InChI is InChI=1S/C38H52N2O4S2/c1-7-11-15-35(16-12-8-2)19-41-37(42-20-35)29-25(5)28-30(26(6)27(29)31-33(37)39-23-45-31)38(34-32(28)46-24-40-34)43-21-36(22-44-38,17-13-9-3)18-14-10-4/h23-24H,7-22H2,1-6H3. The van der Waals surface area contributed by atoms with Crippen molar-refractivity contribution in [3.63, 3.8) is 0 Å². The summed E-state index contributed by atoms with van der Waals surface area (Å²) in [5.41, 5.74) is 12.9. The van der Waals surface area contributed by atoms with Gasteiger partial charge in [0.1, 0.15) is 11.4 Å². The van der Waals surface area contributed by atoms with E-state index in [1.807, 2.05) is 11.0 Å². The molecule has 1 aromatic carbocycles. The number of thiazole rings is 2. The molecular formula is C38H52N2O4S2. The average Bonchev–Trinajstić information content (AvgIpc) is 3.85. The molecule has 46 heavy (non-hydrogen) atoms. The zero-order chi connectivity index (χ0) is 32.2. The largest absolute Gasteiger partial charge is 0.340 e. The summed E-state index contributed by atoms with van der Waals surface area (Å²) in [6, 6.07) is 0. The summed E-state index contributed by atoms with van der Waals surface area (Å²) in [4.78, 5) is 12.2. The monoisotopic (exact) mass is 664 g/mol. The first-order valence-corrected chi connectivity index (χ1v) is 19.7. The second-order valence-corrected chi connectivity index (χ2v) is 16.3. The van der Waals surface area contributed by atoms with Crippen molar-refractivity contribution in [2.24, 2.45) is 10.8 Å². The molecule has 7 rings (SSSR count). The van der Waals surface area contributed by atoms with Crippen LogP contribution in [-0.4, -0.2) is 36.4 Å². The second-order valence-electron chi connectivity index (χ2n) is 14.6. The number of rotatable bonds is 12. The molecule has 0 amide bonds. The van der Waals surface area contributed by atoms with E-state index in [1.165, 1.54) is 73.6 Å². The Balaban J connectivity index is 1.32. The lowest BCUT2D eigenvalue weighted by atomic mass is 9.78. The minimum Gasteiger partial charge on any atom is -0.340 e. The molecule has 3 aromatic rings. The molecule has 2 aromatic heterocycles. The Hall–Kier alpha value is -1.68. The molecule has 0 N–H and O–H groups in total. The molecule has 8 heteroatoms. The first-order valence-electron chi connectivity index (χ1n) is 18.0. The molecule has 2 aliphatic heterocycles. The molecule has 2 aliphatic carbocycles. The van der Waals surface area contributed by atoms with E-state index in [2.05, 4.69) is 41.5 Å². The summed E-state index contributed by atoms with van der Waals surface area (Å²) in [7, 11) is 0. The molecular weight excluding hydrogens is 613 g/mol. The van der Waals surface area contributed by atoms with Crippen molar-refractivity contribution < 1.29 is 18.9 Å². The van der Waals surface area contributed by atoms with Gasteiger partial charge in [0.05, 0.1) is 47.2 Å². The van der Waals surface area contributed by atoms with E-state index < -0.39 is 11.6 Å². The van der Waals surface area contributed by atoms with Crippen LogP contribution in [0.25, 0.3) is 20.9 Å². The average molecular weight is 665 g/mol. The van der Waals surface area contributed by atoms with Crippen LogP contribution in [0.3, 0.4) is 0 Å². The highest BCUT2D eigenvalue weighted by Crippen LogP contribution is 2.64. The Kier molecular flexibility index (Phi) is 9.03. The number of fused-ring (bicyclic) bond motifs is 10. The number of nitrogens with zero attached hydrogens (tertiary/aromatic N) is 2. The maximum absolute atomic E-state index is 7.10. The van der Waals surface area contributed by atoms with E-state index >= 15 is 0 Å². The van der Waals surface area contributed by atoms with Crippen LogP contribution >= 0.6 is 22.7 Å². The Morgan fingerprint density at radius 1 is 0.565 bits per heavy atom. The van der Waals surface area contributed by atoms with Crippen molar-refractivity contribution in [3.05, 3.63) is 44.7 Å². The highest BCUT2D eigenvalue weighted by atomic mass is 32.1. The molecule has 0 saturated carbocycles. The predicted molar refractivity (Wildman–Crippen MR) is 186 cm³/mol. The number of hydrogen-bond acceptors (Lipinski definition) is 8. The van der Waals surface area contributed by atoms with Crippen molar-refractivity contribution in [1.29, 1.82) is 0 Å². The summed E-state index contributed by atoms with van der Waals surface area (Å²) in [6.07, 6.45) is 14.1. The number of ether oxygens (including phenoxy) is 4. The van der Waals surface area contributed by atoms with E-state index in [9.17, 15) is 0 Å². The van der Waals surface area contributed by atoms with Gasteiger partial charge in [-0.15, -0.1) is 22.7 Å². The second kappa shape index (κ2) is 12.6. The number of hydrogen-bond donors (Lipinski definition) is 0. The maximum atomic E-state index is 7.10. The lowest BCUT2D eigenvalue weighted by Crippen LogP contribution is -2.49. The lowest BCUT2D eigenvalue weighted by molar-refractivity contribution is -0.294. The van der Waals surface area contributed by atoms with Gasteiger partial charge in [0.2, 0.25) is 11.6 Å². The molecule has 250 valence electrons. The Bertz CT molecular complexity index is 1420. The van der Waals surface area contributed by atoms with Crippen LogP contribution < -0.4 is 0 Å². The van der Waals surface area contributed by atoms with Gasteiger partial charge in [-0.1, -0.05) is 79.1 Å². The number of aromatic nitrogens is 2. The van der Waals surface area contributed by atoms with Crippen LogP contribution in [0.2, 0.25) is 0 Å². The van der Waals surface area contributed by atoms with Gasteiger partial charge in [-0.25, -0.2) is 9.97 Å². The maximum Gasteiger partial charge on any atom is 0.242 e. The Labute approximate surface area is 283 Å². The van der Waals surface area contributed by atoms with Crippen molar-refractivity contribution in [1.82, 2.24) is 9.97 Å². The summed E-state index contributed by atoms with van der Waals surface area (Å²) < 4.78 is 28.4. The highest BCUT2D eigenvalue weighted by Gasteiger charge is 2.60. The fourth-order valence-corrected chi connectivity index (χ4v) is 10.6. The fraction of sp³-hybridized carbons (Fsp3) is 0.684. The zero-order valence-corrected chi connectivity index (χ0v) is 30.4. The third kappa shape index (κ3) is 4.83. The highest BCUT2D eigenvalue weighted by molar-refractivity contribution is 7.14. The summed E-state index contributed by atoms with van der Waals surface area (Å²) in [5.74, 6) is -1.97. The third-order valence-corrected chi connectivity index (χ3v) is 13.1. The van der Waals surface area contributed by atoms with E-state index in [-0.39, 0.29) is 10.8 Å². The first-order chi connectivity index (χ1) is 22.3. The van der Waals surface area contributed by atoms with Gasteiger partial charge < -0.3 is 18.9 Å². The van der Waals surface area contributed by atoms with Crippen LogP contribution in [0.1, 0.15) is 138 Å². The van der Waals surface area contributed by atoms with E-state index in [0.29, 0.717) is 26.4 Å². The molecule has 0 unspecified atom stereocenters. The molecule has 2 fully saturated rings. The fourth-order valence-electron chi connectivity index (χ4n) is 8.73. The topological polar surface area (TPSA) is 62.7 Å². The van der Waals surface area contributed by atoms with Crippen LogP contribution in [0.15, 0.2) is 11.0 Å². The summed E-state index contributed by atoms with van der Waals surface area (Å²) in [5, 5.41) is 0. The normalized spacial score (nSPS) is 21.0. The minimum atomic E-state index is -0.985. The van der Waals surface area contributed by atoms with Crippen molar-refractivity contribution in [2.45, 2.75) is 130 Å². The van der Waals surface area contributed by atoms with Gasteiger partial charge in [-0.05, 0) is 50.7 Å². The van der Waals surface area contributed by atoms with Gasteiger partial charge in [0.25, 0.3) is 0 Å². The number of unbranched alkanes of at least 4 members (excludes halogenated alkanes) is 4. The van der Waals surface area contributed by atoms with Gasteiger partial charge in [-0.3, -0.25) is 0 Å². The first kappa shape index (κ1) is 32.8. The third-order valence-electron chi connectivity index (χ3n) is 11.4. The molecule has 0 radical (unpaired) electrons. The zero-order valence-electron chi connectivity index (χ0n) is 28.8. The lowest BCUT2D eigenvalue weighted by Gasteiger charge is -2.46. The molecule has 4 aliphatic rings. The van der Waals surface area contributed by atoms with Crippen molar-refractivity contribution >= 4 is 22.7 Å². The van der Waals surface area contributed by atoms with E-state index in [0.717, 1.165) is 58.0 Å². The summed E-state index contributed by atoms with van der Waals surface area (Å²) >= 11 is 3.38. The molecule has 2 spiro atoms. The molecule has 6 nitrogen and oxygen atoms in total. The van der Waals surface area contributed by atoms with E-state index in [4.69, 9.17) is 28.9 Å². The SMILES string of the molecule is CCCCC1(CCCC)COC2(OC1)c1ncsc1-c1c(C)c3c(c(C)c12)-c1scnc1C31OCC(CCCC)(CCCC)CO1. The van der Waals surface area contributed by atoms with Crippen molar-refractivity contribution in [3.8, 4) is 20.9 Å². The smallest absolute Gasteiger partial charge is 0.242 e. The van der Waals surface area contributed by atoms with Gasteiger partial charge in [0.15, 0.2) is 0 Å². The predicted octanol–water partition coefficient (Wildman–Crippen LogP) is 10.4. The van der Waals surface area contributed by atoms with Crippen LogP contribution in [-0.2, 0) is 30.5 Å². The van der Waals surface area contributed by atoms with E-state index in [1.54, 1.807) is 22.7 Å². The van der Waals surface area contributed by atoms with Gasteiger partial charge >= 0.3 is 0 Å². The minimum absolute atomic E-state index is 0.0522. The van der Waals surface area contributed by atoms with Crippen LogP contribution in [0.5, 0.6) is 0 Å². The Morgan fingerprint density at radius 3 is 1.20 bits per heavy atom. The molecule has 0 atom stereocenters. The molecule has 0 bridgehead atoms. The molecule has 2 saturated heterocycles. The number of benzene rings is 1. The summed E-state index contributed by atoms with van der Waals surface area (Å²) in [6.45, 7) is 16.4. The van der Waals surface area contributed by atoms with Gasteiger partial charge in [-0.2, -0.15) is 0 Å². The van der Waals surface area contributed by atoms with Crippen LogP contribution in [0.4, 0.5) is 0 Å². The van der Waals surface area contributed by atoms with Crippen molar-refractivity contribution in [2.75, 3.05) is 26.4 Å². The quantitative estimate of drug-likeness (QED) is 0.192. The molecule has 4 heterocycles. The van der Waals surface area contributed by atoms with Crippen LogP contribution in [0, 0.1) is 24.7 Å².